The van der Waals surface area contributed by atoms with Gasteiger partial charge in [0.05, 0.1) is 12.3 Å². The Kier molecular flexibility index (Phi) is 5.03. The van der Waals surface area contributed by atoms with Gasteiger partial charge in [-0.3, -0.25) is 0 Å². The van der Waals surface area contributed by atoms with Crippen LogP contribution in [-0.2, 0) is 17.8 Å². The van der Waals surface area contributed by atoms with E-state index in [1.165, 1.54) is 0 Å². The van der Waals surface area contributed by atoms with Crippen LogP contribution in [0.5, 0.6) is 0 Å². The molecule has 0 aliphatic rings. The van der Waals surface area contributed by atoms with E-state index in [0.717, 1.165) is 24.2 Å². The Morgan fingerprint density at radius 1 is 1.41 bits per heavy atom. The Morgan fingerprint density at radius 2 is 2.18 bits per heavy atom. The molecule has 2 aromatic rings. The van der Waals surface area contributed by atoms with Crippen LogP contribution in [0, 0.1) is 0 Å². The van der Waals surface area contributed by atoms with Crippen LogP contribution in [0.25, 0.3) is 5.65 Å². The van der Waals surface area contributed by atoms with Crippen molar-refractivity contribution in [1.29, 1.82) is 0 Å². The standard InChI is InChI=1S/C16H23N3O3/c1-16(2,3)22-15(21)17-9-6-7-13-12(11-20)18-14-8-4-5-10-19(13)14/h4-5,8,10,20H,6-7,9,11H2,1-3H3,(H,17,21). The number of pyridine rings is 1. The highest BCUT2D eigenvalue weighted by Gasteiger charge is 2.16. The molecular weight excluding hydrogens is 282 g/mol. The van der Waals surface area contributed by atoms with Gasteiger partial charge >= 0.3 is 6.09 Å². The van der Waals surface area contributed by atoms with Gasteiger partial charge in [0.25, 0.3) is 0 Å². The van der Waals surface area contributed by atoms with Gasteiger partial charge in [-0.05, 0) is 45.7 Å². The van der Waals surface area contributed by atoms with Crippen LogP contribution < -0.4 is 5.32 Å². The number of ether oxygens (including phenoxy) is 1. The lowest BCUT2D eigenvalue weighted by Crippen LogP contribution is -2.33. The summed E-state index contributed by atoms with van der Waals surface area (Å²) in [6.45, 7) is 5.92. The molecule has 120 valence electrons. The van der Waals surface area contributed by atoms with Crippen molar-refractivity contribution in [3.05, 3.63) is 35.8 Å². The summed E-state index contributed by atoms with van der Waals surface area (Å²) < 4.78 is 7.15. The minimum atomic E-state index is -0.490. The van der Waals surface area contributed by atoms with Crippen molar-refractivity contribution in [2.75, 3.05) is 6.54 Å². The number of rotatable bonds is 5. The molecule has 0 radical (unpaired) electrons. The fourth-order valence-corrected chi connectivity index (χ4v) is 2.25. The molecule has 1 amide bonds. The summed E-state index contributed by atoms with van der Waals surface area (Å²) in [5, 5.41) is 12.2. The summed E-state index contributed by atoms with van der Waals surface area (Å²) in [4.78, 5) is 16.0. The summed E-state index contributed by atoms with van der Waals surface area (Å²) in [5.41, 5.74) is 1.99. The number of aromatic nitrogens is 2. The monoisotopic (exact) mass is 305 g/mol. The van der Waals surface area contributed by atoms with E-state index in [0.29, 0.717) is 12.2 Å². The maximum Gasteiger partial charge on any atom is 0.407 e. The molecule has 0 aliphatic heterocycles. The Bertz CT molecular complexity index is 644. The van der Waals surface area contributed by atoms with Crippen LogP contribution in [0.1, 0.15) is 38.6 Å². The van der Waals surface area contributed by atoms with Crippen molar-refractivity contribution < 1.29 is 14.6 Å². The van der Waals surface area contributed by atoms with Gasteiger partial charge in [-0.15, -0.1) is 0 Å². The SMILES string of the molecule is CC(C)(C)OC(=O)NCCCc1c(CO)nc2ccccn12. The number of aliphatic hydroxyl groups excluding tert-OH is 1. The highest BCUT2D eigenvalue weighted by Crippen LogP contribution is 2.14. The summed E-state index contributed by atoms with van der Waals surface area (Å²) in [5.74, 6) is 0. The third-order valence-corrected chi connectivity index (χ3v) is 3.12. The fourth-order valence-electron chi connectivity index (χ4n) is 2.25. The predicted molar refractivity (Wildman–Crippen MR) is 83.7 cm³/mol. The number of nitrogens with one attached hydrogen (secondary N) is 1. The van der Waals surface area contributed by atoms with E-state index in [1.54, 1.807) is 0 Å². The van der Waals surface area contributed by atoms with Gasteiger partial charge in [0.2, 0.25) is 0 Å². The quantitative estimate of drug-likeness (QED) is 0.831. The molecule has 6 nitrogen and oxygen atoms in total. The average Bonchev–Trinajstić information content (AvgIpc) is 2.79. The van der Waals surface area contributed by atoms with Crippen molar-refractivity contribution in [2.24, 2.45) is 0 Å². The van der Waals surface area contributed by atoms with E-state index in [-0.39, 0.29) is 6.61 Å². The first-order valence-electron chi connectivity index (χ1n) is 7.43. The van der Waals surface area contributed by atoms with E-state index in [4.69, 9.17) is 4.74 Å². The maximum absolute atomic E-state index is 11.6. The molecule has 0 fully saturated rings. The Hall–Kier alpha value is -2.08. The minimum absolute atomic E-state index is 0.0868. The number of nitrogens with zero attached hydrogens (tertiary/aromatic N) is 2. The van der Waals surface area contributed by atoms with Gasteiger partial charge in [-0.25, -0.2) is 9.78 Å². The van der Waals surface area contributed by atoms with E-state index in [1.807, 2.05) is 49.6 Å². The molecule has 0 spiro atoms. The molecule has 0 atom stereocenters. The number of aliphatic hydroxyl groups is 1. The zero-order chi connectivity index (χ0) is 16.2. The van der Waals surface area contributed by atoms with Crippen LogP contribution >= 0.6 is 0 Å². The smallest absolute Gasteiger partial charge is 0.407 e. The van der Waals surface area contributed by atoms with Crippen molar-refractivity contribution in [1.82, 2.24) is 14.7 Å². The van der Waals surface area contributed by atoms with Crippen LogP contribution in [0.4, 0.5) is 4.79 Å². The largest absolute Gasteiger partial charge is 0.444 e. The Balaban J connectivity index is 1.91. The van der Waals surface area contributed by atoms with Gasteiger partial charge in [-0.2, -0.15) is 0 Å². The molecule has 2 aromatic heterocycles. The van der Waals surface area contributed by atoms with Crippen LogP contribution in [0.15, 0.2) is 24.4 Å². The van der Waals surface area contributed by atoms with E-state index >= 15 is 0 Å². The lowest BCUT2D eigenvalue weighted by atomic mass is 10.2. The molecule has 0 aromatic carbocycles. The van der Waals surface area contributed by atoms with Crippen LogP contribution in [0.3, 0.4) is 0 Å². The third kappa shape index (κ3) is 4.21. The van der Waals surface area contributed by atoms with Gasteiger partial charge in [0.15, 0.2) is 0 Å². The second kappa shape index (κ2) is 6.79. The topological polar surface area (TPSA) is 75.9 Å². The number of alkyl carbamates (subject to hydrolysis) is 1. The number of fused-ring (bicyclic) bond motifs is 1. The molecule has 0 saturated carbocycles. The minimum Gasteiger partial charge on any atom is -0.444 e. The molecule has 0 bridgehead atoms. The lowest BCUT2D eigenvalue weighted by molar-refractivity contribution is 0.0527. The molecule has 6 heteroatoms. The van der Waals surface area contributed by atoms with Crippen molar-refractivity contribution >= 4 is 11.7 Å². The van der Waals surface area contributed by atoms with Gasteiger partial charge in [-0.1, -0.05) is 6.07 Å². The molecule has 2 heterocycles. The number of imidazole rings is 1. The van der Waals surface area contributed by atoms with Crippen molar-refractivity contribution in [3.8, 4) is 0 Å². The first-order valence-corrected chi connectivity index (χ1v) is 7.43. The van der Waals surface area contributed by atoms with Crippen LogP contribution in [0.2, 0.25) is 0 Å². The van der Waals surface area contributed by atoms with Gasteiger partial charge < -0.3 is 19.6 Å². The predicted octanol–water partition coefficient (Wildman–Crippen LogP) is 2.28. The number of carbonyl (C=O) groups is 1. The first-order chi connectivity index (χ1) is 10.4. The van der Waals surface area contributed by atoms with E-state index in [2.05, 4.69) is 10.3 Å². The summed E-state index contributed by atoms with van der Waals surface area (Å²) in [6, 6.07) is 5.75. The lowest BCUT2D eigenvalue weighted by Gasteiger charge is -2.19. The van der Waals surface area contributed by atoms with Crippen molar-refractivity contribution in [2.45, 2.75) is 45.8 Å². The van der Waals surface area contributed by atoms with Gasteiger partial charge in [0.1, 0.15) is 11.2 Å². The molecule has 2 N–H and O–H groups in total. The molecular formula is C16H23N3O3. The summed E-state index contributed by atoms with van der Waals surface area (Å²) in [6.07, 6.45) is 2.98. The highest BCUT2D eigenvalue weighted by molar-refractivity contribution is 5.67. The van der Waals surface area contributed by atoms with E-state index < -0.39 is 11.7 Å². The Labute approximate surface area is 130 Å². The van der Waals surface area contributed by atoms with Gasteiger partial charge in [0, 0.05) is 18.4 Å². The number of hydrogen-bond donors (Lipinski definition) is 2. The number of hydrogen-bond acceptors (Lipinski definition) is 4. The molecule has 0 aliphatic carbocycles. The second-order valence-electron chi connectivity index (χ2n) is 6.12. The maximum atomic E-state index is 11.6. The van der Waals surface area contributed by atoms with Crippen LogP contribution in [-0.4, -0.2) is 32.7 Å². The normalized spacial score (nSPS) is 11.6. The number of amides is 1. The number of carbonyl (C=O) groups excluding carboxylic acids is 1. The zero-order valence-corrected chi connectivity index (χ0v) is 13.3. The highest BCUT2D eigenvalue weighted by atomic mass is 16.6. The zero-order valence-electron chi connectivity index (χ0n) is 13.3. The fraction of sp³-hybridized carbons (Fsp3) is 0.500. The summed E-state index contributed by atoms with van der Waals surface area (Å²) >= 11 is 0. The Morgan fingerprint density at radius 3 is 2.86 bits per heavy atom. The number of aryl methyl sites for hydroxylation is 1. The van der Waals surface area contributed by atoms with E-state index in [9.17, 15) is 9.90 Å². The first kappa shape index (κ1) is 16.3. The second-order valence-corrected chi connectivity index (χ2v) is 6.12. The molecule has 22 heavy (non-hydrogen) atoms. The summed E-state index contributed by atoms with van der Waals surface area (Å²) in [7, 11) is 0. The molecule has 0 saturated heterocycles. The average molecular weight is 305 g/mol. The third-order valence-electron chi connectivity index (χ3n) is 3.12. The molecule has 0 unspecified atom stereocenters. The molecule has 2 rings (SSSR count). The van der Waals surface area contributed by atoms with Crippen molar-refractivity contribution in [3.63, 3.8) is 0 Å².